The number of ether oxygens (including phenoxy) is 1. The van der Waals surface area contributed by atoms with E-state index in [1.54, 1.807) is 24.3 Å². The molecule has 0 radical (unpaired) electrons. The first-order valence-electron chi connectivity index (χ1n) is 5.07. The Morgan fingerprint density at radius 1 is 1.24 bits per heavy atom. The van der Waals surface area contributed by atoms with Gasteiger partial charge in [0.1, 0.15) is 0 Å². The van der Waals surface area contributed by atoms with Gasteiger partial charge in [0, 0.05) is 6.20 Å². The van der Waals surface area contributed by atoms with Gasteiger partial charge in [-0.2, -0.15) is 0 Å². The van der Waals surface area contributed by atoms with Crippen molar-refractivity contribution in [3.05, 3.63) is 54.0 Å². The molecule has 0 saturated heterocycles. The van der Waals surface area contributed by atoms with E-state index in [2.05, 4.69) is 4.98 Å². The lowest BCUT2D eigenvalue weighted by molar-refractivity contribution is 0.101. The number of hydrogen-bond donors (Lipinski definition) is 0. The van der Waals surface area contributed by atoms with Crippen LogP contribution >= 0.6 is 0 Å². The van der Waals surface area contributed by atoms with Crippen molar-refractivity contribution >= 4 is 5.78 Å². The van der Waals surface area contributed by atoms with Gasteiger partial charge in [-0.3, -0.25) is 4.79 Å². The molecule has 0 aliphatic rings. The Labute approximate surface area is 97.9 Å². The third-order valence-corrected chi connectivity index (χ3v) is 2.19. The van der Waals surface area contributed by atoms with Crippen LogP contribution in [0.4, 0.5) is 4.39 Å². The number of nitrogens with zero attached hydrogens (tertiary/aromatic N) is 1. The van der Waals surface area contributed by atoms with Crippen molar-refractivity contribution in [1.82, 2.24) is 4.98 Å². The van der Waals surface area contributed by atoms with Gasteiger partial charge < -0.3 is 4.74 Å². The van der Waals surface area contributed by atoms with Crippen LogP contribution in [0.5, 0.6) is 11.6 Å². The number of Topliss-reactive ketones (excluding diaryl/α,β-unsaturated/α-hetero) is 1. The van der Waals surface area contributed by atoms with E-state index in [0.717, 1.165) is 0 Å². The molecule has 0 spiro atoms. The molecule has 17 heavy (non-hydrogen) atoms. The van der Waals surface area contributed by atoms with Gasteiger partial charge in [-0.25, -0.2) is 9.37 Å². The molecule has 0 aliphatic carbocycles. The predicted molar refractivity (Wildman–Crippen MR) is 60.7 cm³/mol. The smallest absolute Gasteiger partial charge is 0.230 e. The summed E-state index contributed by atoms with van der Waals surface area (Å²) in [5.41, 5.74) is 0.329. The van der Waals surface area contributed by atoms with Gasteiger partial charge in [0.05, 0.1) is 5.56 Å². The minimum atomic E-state index is -0.493. The molecule has 0 N–H and O–H groups in total. The molecular weight excluding hydrogens is 221 g/mol. The maximum Gasteiger partial charge on any atom is 0.230 e. The largest absolute Gasteiger partial charge is 0.435 e. The van der Waals surface area contributed by atoms with Crippen molar-refractivity contribution in [3.63, 3.8) is 0 Å². The van der Waals surface area contributed by atoms with Gasteiger partial charge in [-0.05, 0) is 31.2 Å². The van der Waals surface area contributed by atoms with Crippen LogP contribution in [0.1, 0.15) is 17.3 Å². The summed E-state index contributed by atoms with van der Waals surface area (Å²) in [6.45, 7) is 1.41. The highest BCUT2D eigenvalue weighted by molar-refractivity contribution is 5.96. The number of rotatable bonds is 3. The molecule has 1 aromatic heterocycles. The Bertz CT molecular complexity index is 555. The number of hydrogen-bond acceptors (Lipinski definition) is 3. The average molecular weight is 231 g/mol. The SMILES string of the molecule is CC(=O)c1cccnc1Oc1ccccc1F. The number of pyridine rings is 1. The van der Waals surface area contributed by atoms with Crippen LogP contribution in [-0.2, 0) is 0 Å². The lowest BCUT2D eigenvalue weighted by atomic mass is 10.2. The van der Waals surface area contributed by atoms with Crippen molar-refractivity contribution < 1.29 is 13.9 Å². The Morgan fingerprint density at radius 2 is 2.00 bits per heavy atom. The zero-order valence-electron chi connectivity index (χ0n) is 9.18. The van der Waals surface area contributed by atoms with Crippen molar-refractivity contribution in [2.75, 3.05) is 0 Å². The molecule has 2 rings (SSSR count). The van der Waals surface area contributed by atoms with E-state index in [1.807, 2.05) is 0 Å². The fourth-order valence-corrected chi connectivity index (χ4v) is 1.37. The molecule has 4 heteroatoms. The lowest BCUT2D eigenvalue weighted by Crippen LogP contribution is -1.99. The third kappa shape index (κ3) is 2.47. The highest BCUT2D eigenvalue weighted by atomic mass is 19.1. The molecule has 0 atom stereocenters. The van der Waals surface area contributed by atoms with Crippen LogP contribution in [0.3, 0.4) is 0 Å². The lowest BCUT2D eigenvalue weighted by Gasteiger charge is -2.08. The predicted octanol–water partition coefficient (Wildman–Crippen LogP) is 3.22. The van der Waals surface area contributed by atoms with Crippen molar-refractivity contribution in [2.24, 2.45) is 0 Å². The highest BCUT2D eigenvalue weighted by Gasteiger charge is 2.11. The second-order valence-corrected chi connectivity index (χ2v) is 3.44. The Balaban J connectivity index is 2.37. The van der Waals surface area contributed by atoms with E-state index in [-0.39, 0.29) is 17.4 Å². The van der Waals surface area contributed by atoms with E-state index >= 15 is 0 Å². The van der Waals surface area contributed by atoms with Gasteiger partial charge >= 0.3 is 0 Å². The molecule has 3 nitrogen and oxygen atoms in total. The zero-order valence-corrected chi connectivity index (χ0v) is 9.18. The van der Waals surface area contributed by atoms with Crippen LogP contribution < -0.4 is 4.74 Å². The fraction of sp³-hybridized carbons (Fsp3) is 0.0769. The maximum atomic E-state index is 13.4. The van der Waals surface area contributed by atoms with Gasteiger partial charge in [0.15, 0.2) is 17.3 Å². The third-order valence-electron chi connectivity index (χ3n) is 2.19. The molecule has 0 unspecified atom stereocenters. The summed E-state index contributed by atoms with van der Waals surface area (Å²) in [6, 6.07) is 9.19. The molecule has 2 aromatic rings. The Morgan fingerprint density at radius 3 is 2.71 bits per heavy atom. The second-order valence-electron chi connectivity index (χ2n) is 3.44. The van der Waals surface area contributed by atoms with E-state index in [0.29, 0.717) is 5.56 Å². The molecule has 0 saturated carbocycles. The first-order valence-corrected chi connectivity index (χ1v) is 5.07. The van der Waals surface area contributed by atoms with Crippen LogP contribution in [0.2, 0.25) is 0 Å². The Hall–Kier alpha value is -2.23. The summed E-state index contributed by atoms with van der Waals surface area (Å²) in [5.74, 6) is -0.504. The number of benzene rings is 1. The molecular formula is C13H10FNO2. The normalized spacial score (nSPS) is 10.0. The van der Waals surface area contributed by atoms with E-state index < -0.39 is 5.82 Å². The topological polar surface area (TPSA) is 39.2 Å². The maximum absolute atomic E-state index is 13.4. The van der Waals surface area contributed by atoms with Crippen molar-refractivity contribution in [2.45, 2.75) is 6.92 Å². The molecule has 0 bridgehead atoms. The van der Waals surface area contributed by atoms with E-state index in [4.69, 9.17) is 4.74 Å². The first-order chi connectivity index (χ1) is 8.18. The summed E-state index contributed by atoms with van der Waals surface area (Å²) in [6.07, 6.45) is 1.49. The van der Waals surface area contributed by atoms with Crippen LogP contribution in [0.25, 0.3) is 0 Å². The number of carbonyl (C=O) groups excluding carboxylic acids is 1. The number of aromatic nitrogens is 1. The zero-order chi connectivity index (χ0) is 12.3. The van der Waals surface area contributed by atoms with Gasteiger partial charge in [-0.1, -0.05) is 12.1 Å². The highest BCUT2D eigenvalue weighted by Crippen LogP contribution is 2.25. The van der Waals surface area contributed by atoms with Crippen molar-refractivity contribution in [3.8, 4) is 11.6 Å². The van der Waals surface area contributed by atoms with E-state index in [9.17, 15) is 9.18 Å². The summed E-state index contributed by atoms with van der Waals surface area (Å²) in [4.78, 5) is 15.3. The summed E-state index contributed by atoms with van der Waals surface area (Å²) < 4.78 is 18.7. The quantitative estimate of drug-likeness (QED) is 0.761. The molecule has 86 valence electrons. The molecule has 0 aliphatic heterocycles. The van der Waals surface area contributed by atoms with Gasteiger partial charge in [0.25, 0.3) is 0 Å². The van der Waals surface area contributed by atoms with E-state index in [1.165, 1.54) is 25.3 Å². The summed E-state index contributed by atoms with van der Waals surface area (Å²) in [5, 5.41) is 0. The van der Waals surface area contributed by atoms with Crippen molar-refractivity contribution in [1.29, 1.82) is 0 Å². The minimum absolute atomic E-state index is 0.0497. The van der Waals surface area contributed by atoms with Crippen LogP contribution in [0.15, 0.2) is 42.6 Å². The number of halogens is 1. The number of ketones is 1. The standard InChI is InChI=1S/C13H10FNO2/c1-9(16)10-5-4-8-15-13(10)17-12-7-3-2-6-11(12)14/h2-8H,1H3. The first kappa shape index (κ1) is 11.3. The second kappa shape index (κ2) is 4.74. The number of carbonyl (C=O) groups is 1. The van der Waals surface area contributed by atoms with Gasteiger partial charge in [0.2, 0.25) is 5.88 Å². The molecule has 0 fully saturated rings. The number of para-hydroxylation sites is 1. The fourth-order valence-electron chi connectivity index (χ4n) is 1.37. The molecule has 1 aromatic carbocycles. The average Bonchev–Trinajstić information content (AvgIpc) is 2.32. The van der Waals surface area contributed by atoms with Gasteiger partial charge in [-0.15, -0.1) is 0 Å². The molecule has 0 amide bonds. The van der Waals surface area contributed by atoms with Crippen LogP contribution in [-0.4, -0.2) is 10.8 Å². The van der Waals surface area contributed by atoms with Crippen LogP contribution in [0, 0.1) is 5.82 Å². The summed E-state index contributed by atoms with van der Waals surface area (Å²) >= 11 is 0. The minimum Gasteiger partial charge on any atom is -0.435 e. The Kier molecular flexibility index (Phi) is 3.14. The monoisotopic (exact) mass is 231 g/mol. The molecule has 1 heterocycles. The summed E-state index contributed by atoms with van der Waals surface area (Å²) in [7, 11) is 0.